The molecule has 0 atom stereocenters. The topological polar surface area (TPSA) is 107 Å². The number of halogens is 1. The van der Waals surface area contributed by atoms with Crippen molar-refractivity contribution in [2.45, 2.75) is 25.8 Å². The minimum Gasteiger partial charge on any atom is -0.435 e. The smallest absolute Gasteiger partial charge is 0.260 e. The molecular weight excluding hydrogens is 473 g/mol. The highest BCUT2D eigenvalue weighted by molar-refractivity contribution is 6.02. The van der Waals surface area contributed by atoms with Gasteiger partial charge in [-0.15, -0.1) is 0 Å². The molecule has 4 N–H and O–H groups in total. The van der Waals surface area contributed by atoms with Crippen LogP contribution in [0.2, 0.25) is 0 Å². The average Bonchev–Trinajstić information content (AvgIpc) is 3.64. The molecule has 0 radical (unpaired) electrons. The maximum Gasteiger partial charge on any atom is 0.260 e. The first-order chi connectivity index (χ1) is 18.0. The average molecular weight is 502 g/mol. The lowest BCUT2D eigenvalue weighted by Gasteiger charge is -2.29. The lowest BCUT2D eigenvalue weighted by molar-refractivity contribution is 0.0948. The lowest BCUT2D eigenvalue weighted by Crippen LogP contribution is -2.43. The number of nitrogens with zero attached hydrogens (tertiary/aromatic N) is 3. The summed E-state index contributed by atoms with van der Waals surface area (Å²) in [5.41, 5.74) is 3.54. The van der Waals surface area contributed by atoms with Gasteiger partial charge >= 0.3 is 0 Å². The number of H-pyrrole nitrogens is 1. The molecule has 190 valence electrons. The molecule has 2 aromatic carbocycles. The first-order valence-electron chi connectivity index (χ1n) is 12.5. The van der Waals surface area contributed by atoms with Gasteiger partial charge in [0.25, 0.3) is 5.91 Å². The molecule has 0 unspecified atom stereocenters. The molecule has 2 fully saturated rings. The summed E-state index contributed by atoms with van der Waals surface area (Å²) < 4.78 is 21.2. The van der Waals surface area contributed by atoms with Gasteiger partial charge in [0.05, 0.1) is 0 Å². The van der Waals surface area contributed by atoms with Crippen molar-refractivity contribution < 1.29 is 13.9 Å². The number of amides is 1. The zero-order chi connectivity index (χ0) is 25.4. The Morgan fingerprint density at radius 3 is 2.65 bits per heavy atom. The van der Waals surface area contributed by atoms with Gasteiger partial charge in [0, 0.05) is 60.2 Å². The summed E-state index contributed by atoms with van der Waals surface area (Å²) in [5, 5.41) is 9.97. The quantitative estimate of drug-likeness (QED) is 0.300. The zero-order valence-corrected chi connectivity index (χ0v) is 20.5. The highest BCUT2D eigenvalue weighted by Crippen LogP contribution is 2.34. The summed E-state index contributed by atoms with van der Waals surface area (Å²) in [7, 11) is 0. The van der Waals surface area contributed by atoms with Gasteiger partial charge in [-0.3, -0.25) is 4.79 Å². The molecule has 9 nitrogen and oxygen atoms in total. The van der Waals surface area contributed by atoms with Crippen LogP contribution < -0.4 is 25.6 Å². The Morgan fingerprint density at radius 1 is 1.11 bits per heavy atom. The number of hydrogen-bond acceptors (Lipinski definition) is 7. The van der Waals surface area contributed by atoms with Gasteiger partial charge in [-0.05, 0) is 62.2 Å². The molecule has 1 amide bonds. The van der Waals surface area contributed by atoms with Crippen LogP contribution >= 0.6 is 0 Å². The molecule has 1 saturated carbocycles. The first kappa shape index (κ1) is 23.2. The molecule has 2 aromatic heterocycles. The zero-order valence-electron chi connectivity index (χ0n) is 20.5. The summed E-state index contributed by atoms with van der Waals surface area (Å²) in [6.45, 7) is 5.69. The van der Waals surface area contributed by atoms with Crippen molar-refractivity contribution in [1.82, 2.24) is 25.6 Å². The molecule has 4 aromatic rings. The Morgan fingerprint density at radius 2 is 1.89 bits per heavy atom. The predicted molar refractivity (Wildman–Crippen MR) is 140 cm³/mol. The largest absolute Gasteiger partial charge is 0.435 e. The fourth-order valence-electron chi connectivity index (χ4n) is 4.52. The van der Waals surface area contributed by atoms with E-state index >= 15 is 4.39 Å². The molecule has 1 aliphatic carbocycles. The second-order valence-corrected chi connectivity index (χ2v) is 9.45. The molecule has 2 aliphatic rings. The third-order valence-electron chi connectivity index (χ3n) is 6.61. The van der Waals surface area contributed by atoms with Crippen LogP contribution in [0.3, 0.4) is 0 Å². The number of piperazine rings is 1. The van der Waals surface area contributed by atoms with Crippen molar-refractivity contribution in [3.05, 3.63) is 65.9 Å². The van der Waals surface area contributed by atoms with Crippen LogP contribution in [0.5, 0.6) is 11.6 Å². The Balaban J connectivity index is 1.31. The maximum absolute atomic E-state index is 15.2. The van der Waals surface area contributed by atoms with Crippen LogP contribution in [0.25, 0.3) is 10.9 Å². The van der Waals surface area contributed by atoms with E-state index in [9.17, 15) is 4.79 Å². The van der Waals surface area contributed by atoms with E-state index in [1.54, 1.807) is 12.1 Å². The number of anilines is 3. The second kappa shape index (κ2) is 9.70. The van der Waals surface area contributed by atoms with Crippen LogP contribution in [-0.4, -0.2) is 53.1 Å². The van der Waals surface area contributed by atoms with E-state index in [-0.39, 0.29) is 35.0 Å². The van der Waals surface area contributed by atoms with Gasteiger partial charge in [-0.1, -0.05) is 0 Å². The number of nitrogens with one attached hydrogen (secondary N) is 4. The number of aromatic nitrogens is 3. The molecule has 1 saturated heterocycles. The minimum atomic E-state index is -0.521. The van der Waals surface area contributed by atoms with Crippen molar-refractivity contribution in [3.8, 4) is 11.6 Å². The van der Waals surface area contributed by atoms with Crippen LogP contribution in [-0.2, 0) is 0 Å². The van der Waals surface area contributed by atoms with Gasteiger partial charge in [-0.25, -0.2) is 14.4 Å². The molecule has 6 rings (SSSR count). The highest BCUT2D eigenvalue weighted by atomic mass is 19.1. The van der Waals surface area contributed by atoms with Gasteiger partial charge in [0.15, 0.2) is 17.4 Å². The van der Waals surface area contributed by atoms with E-state index in [4.69, 9.17) is 4.74 Å². The normalized spacial score (nSPS) is 15.6. The van der Waals surface area contributed by atoms with Gasteiger partial charge < -0.3 is 30.6 Å². The first-order valence-corrected chi connectivity index (χ1v) is 12.5. The fraction of sp³-hybridized carbons (Fsp3) is 0.296. The molecule has 0 spiro atoms. The third-order valence-corrected chi connectivity index (χ3v) is 6.61. The Labute approximate surface area is 213 Å². The van der Waals surface area contributed by atoms with Crippen molar-refractivity contribution in [3.63, 3.8) is 0 Å². The number of carbonyl (C=O) groups excluding carboxylic acids is 1. The van der Waals surface area contributed by atoms with E-state index in [1.165, 1.54) is 12.4 Å². The number of benzene rings is 2. The van der Waals surface area contributed by atoms with E-state index in [0.29, 0.717) is 10.9 Å². The number of ether oxygens (including phenoxy) is 1. The van der Waals surface area contributed by atoms with Crippen LogP contribution in [0, 0.1) is 12.7 Å². The van der Waals surface area contributed by atoms with E-state index in [0.717, 1.165) is 56.1 Å². The van der Waals surface area contributed by atoms with Crippen LogP contribution in [0.15, 0.2) is 48.8 Å². The summed E-state index contributed by atoms with van der Waals surface area (Å²) in [5.74, 6) is -0.628. The minimum absolute atomic E-state index is 0.0152. The van der Waals surface area contributed by atoms with Gasteiger partial charge in [-0.2, -0.15) is 0 Å². The van der Waals surface area contributed by atoms with Crippen molar-refractivity contribution in [2.24, 2.45) is 0 Å². The number of aromatic amines is 1. The van der Waals surface area contributed by atoms with Crippen molar-refractivity contribution in [2.75, 3.05) is 36.4 Å². The van der Waals surface area contributed by atoms with Crippen molar-refractivity contribution in [1.29, 1.82) is 0 Å². The number of fused-ring (bicyclic) bond motifs is 1. The second-order valence-electron chi connectivity index (χ2n) is 9.45. The molecule has 1 aliphatic heterocycles. The maximum atomic E-state index is 15.2. The van der Waals surface area contributed by atoms with Crippen LogP contribution in [0.4, 0.5) is 21.6 Å². The molecule has 37 heavy (non-hydrogen) atoms. The summed E-state index contributed by atoms with van der Waals surface area (Å²) >= 11 is 0. The number of carbonyl (C=O) groups is 1. The van der Waals surface area contributed by atoms with Gasteiger partial charge in [0.1, 0.15) is 11.9 Å². The third kappa shape index (κ3) is 4.92. The number of aryl methyl sites for hydroxylation is 1. The fourth-order valence-corrected chi connectivity index (χ4v) is 4.52. The number of hydrogen-bond donors (Lipinski definition) is 4. The summed E-state index contributed by atoms with van der Waals surface area (Å²) in [6, 6.07) is 13.1. The number of rotatable bonds is 7. The SMILES string of the molecule is Cc1cc2c(F)c(Oc3ncnc(Nc4ccc(N5CCNCC5)cc4)c3C(=O)NC3CC3)ccc2[nH]1. The Bertz CT molecular complexity index is 1440. The van der Waals surface area contributed by atoms with E-state index < -0.39 is 5.82 Å². The summed E-state index contributed by atoms with van der Waals surface area (Å²) in [4.78, 5) is 27.2. The Kier molecular flexibility index (Phi) is 6.09. The standard InChI is InChI=1S/C27H28FN7O2/c1-16-14-20-21(32-16)8-9-22(24(20)28)37-27-23(26(36)34-18-2-3-18)25(30-15-31-27)33-17-4-6-19(7-5-17)35-12-10-29-11-13-35/h4-9,14-15,18,29,32H,2-3,10-13H2,1H3,(H,34,36)(H,30,31,33). The Hall–Kier alpha value is -4.18. The van der Waals surface area contributed by atoms with Gasteiger partial charge in [0.2, 0.25) is 5.88 Å². The lowest BCUT2D eigenvalue weighted by atomic mass is 10.2. The molecule has 3 heterocycles. The molecular formula is C27H28FN7O2. The van der Waals surface area contributed by atoms with Crippen LogP contribution in [0.1, 0.15) is 28.9 Å². The summed E-state index contributed by atoms with van der Waals surface area (Å²) in [6.07, 6.45) is 3.14. The molecule has 10 heteroatoms. The van der Waals surface area contributed by atoms with Crippen molar-refractivity contribution >= 4 is 34.0 Å². The highest BCUT2D eigenvalue weighted by Gasteiger charge is 2.29. The van der Waals surface area contributed by atoms with E-state index in [2.05, 4.69) is 35.8 Å². The molecule has 0 bridgehead atoms. The monoisotopic (exact) mass is 501 g/mol. The predicted octanol–water partition coefficient (Wildman–Crippen LogP) is 4.24. The van der Waals surface area contributed by atoms with E-state index in [1.807, 2.05) is 31.2 Å².